The van der Waals surface area contributed by atoms with Crippen molar-refractivity contribution < 1.29 is 9.47 Å². The molecule has 0 bridgehead atoms. The standard InChI is InChI=1S/C14H13BrN4O2/c1-20-9-3-4-10(11(7-9)21-2)18-13-14-17-8-12(15)19(14)6-5-16-13/h3-8H,1-2H3,(H,16,18). The number of anilines is 2. The van der Waals surface area contributed by atoms with E-state index >= 15 is 0 Å². The smallest absolute Gasteiger partial charge is 0.181 e. The van der Waals surface area contributed by atoms with Gasteiger partial charge >= 0.3 is 0 Å². The molecule has 0 amide bonds. The molecule has 0 unspecified atom stereocenters. The van der Waals surface area contributed by atoms with Gasteiger partial charge in [-0.1, -0.05) is 0 Å². The first kappa shape index (κ1) is 13.7. The highest BCUT2D eigenvalue weighted by molar-refractivity contribution is 9.10. The van der Waals surface area contributed by atoms with Crippen LogP contribution in [0.5, 0.6) is 11.5 Å². The topological polar surface area (TPSA) is 60.7 Å². The number of hydrogen-bond acceptors (Lipinski definition) is 5. The second kappa shape index (κ2) is 5.61. The molecule has 1 N–H and O–H groups in total. The lowest BCUT2D eigenvalue weighted by Crippen LogP contribution is -2.00. The Kier molecular flexibility index (Phi) is 3.66. The monoisotopic (exact) mass is 348 g/mol. The van der Waals surface area contributed by atoms with Crippen molar-refractivity contribution in [3.8, 4) is 11.5 Å². The SMILES string of the molecule is COc1ccc(Nc2nccn3c(Br)cnc23)c(OC)c1. The lowest BCUT2D eigenvalue weighted by atomic mass is 10.2. The number of methoxy groups -OCH3 is 2. The van der Waals surface area contributed by atoms with Gasteiger partial charge in [0.05, 0.1) is 26.1 Å². The predicted molar refractivity (Wildman–Crippen MR) is 83.5 cm³/mol. The molecule has 0 saturated heterocycles. The van der Waals surface area contributed by atoms with Gasteiger partial charge in [-0.2, -0.15) is 0 Å². The van der Waals surface area contributed by atoms with Crippen LogP contribution in [0.2, 0.25) is 0 Å². The Labute approximate surface area is 129 Å². The summed E-state index contributed by atoms with van der Waals surface area (Å²) in [7, 11) is 3.23. The molecule has 0 aliphatic rings. The van der Waals surface area contributed by atoms with Crippen molar-refractivity contribution in [2.45, 2.75) is 0 Å². The van der Waals surface area contributed by atoms with Crippen LogP contribution in [-0.2, 0) is 0 Å². The average molecular weight is 349 g/mol. The van der Waals surface area contributed by atoms with Gasteiger partial charge in [0.2, 0.25) is 0 Å². The molecule has 0 fully saturated rings. The molecule has 3 aromatic rings. The lowest BCUT2D eigenvalue weighted by molar-refractivity contribution is 0.395. The molecule has 2 heterocycles. The maximum absolute atomic E-state index is 5.37. The zero-order chi connectivity index (χ0) is 14.8. The van der Waals surface area contributed by atoms with E-state index in [0.717, 1.165) is 21.7 Å². The Bertz CT molecular complexity index is 788. The van der Waals surface area contributed by atoms with Gasteiger partial charge in [0, 0.05) is 18.5 Å². The molecule has 3 rings (SSSR count). The van der Waals surface area contributed by atoms with Gasteiger partial charge in [-0.15, -0.1) is 0 Å². The Hall–Kier alpha value is -2.28. The second-order valence-electron chi connectivity index (χ2n) is 4.24. The third-order valence-electron chi connectivity index (χ3n) is 3.04. The zero-order valence-corrected chi connectivity index (χ0v) is 13.1. The van der Waals surface area contributed by atoms with E-state index in [0.29, 0.717) is 11.6 Å². The van der Waals surface area contributed by atoms with E-state index in [9.17, 15) is 0 Å². The summed E-state index contributed by atoms with van der Waals surface area (Å²) in [4.78, 5) is 8.66. The minimum absolute atomic E-state index is 0.645. The Morgan fingerprint density at radius 3 is 2.81 bits per heavy atom. The van der Waals surface area contributed by atoms with Crippen LogP contribution < -0.4 is 14.8 Å². The van der Waals surface area contributed by atoms with Gasteiger partial charge in [0.1, 0.15) is 16.1 Å². The molecule has 0 aliphatic heterocycles. The third kappa shape index (κ3) is 2.52. The number of rotatable bonds is 4. The molecule has 0 spiro atoms. The fourth-order valence-corrected chi connectivity index (χ4v) is 2.40. The Morgan fingerprint density at radius 1 is 1.19 bits per heavy atom. The first-order valence-electron chi connectivity index (χ1n) is 6.19. The zero-order valence-electron chi connectivity index (χ0n) is 11.5. The minimum atomic E-state index is 0.645. The van der Waals surface area contributed by atoms with E-state index in [1.54, 1.807) is 26.6 Å². The lowest BCUT2D eigenvalue weighted by Gasteiger charge is -2.12. The van der Waals surface area contributed by atoms with E-state index in [2.05, 4.69) is 31.2 Å². The van der Waals surface area contributed by atoms with Gasteiger partial charge in [-0.05, 0) is 28.1 Å². The summed E-state index contributed by atoms with van der Waals surface area (Å²) in [5, 5.41) is 3.24. The van der Waals surface area contributed by atoms with Crippen LogP contribution >= 0.6 is 15.9 Å². The van der Waals surface area contributed by atoms with Crippen LogP contribution in [0.3, 0.4) is 0 Å². The van der Waals surface area contributed by atoms with Crippen molar-refractivity contribution in [2.75, 3.05) is 19.5 Å². The molecule has 108 valence electrons. The third-order valence-corrected chi connectivity index (χ3v) is 3.63. The molecule has 1 aromatic carbocycles. The summed E-state index contributed by atoms with van der Waals surface area (Å²) in [5.74, 6) is 2.04. The number of halogens is 1. The van der Waals surface area contributed by atoms with Crippen LogP contribution in [0.4, 0.5) is 11.5 Å². The molecule has 7 heteroatoms. The first-order valence-corrected chi connectivity index (χ1v) is 6.99. The van der Waals surface area contributed by atoms with Crippen molar-refractivity contribution in [3.05, 3.63) is 41.4 Å². The van der Waals surface area contributed by atoms with E-state index < -0.39 is 0 Å². The average Bonchev–Trinajstić information content (AvgIpc) is 2.90. The number of ether oxygens (including phenoxy) is 2. The van der Waals surface area contributed by atoms with Crippen LogP contribution in [0.1, 0.15) is 0 Å². The number of hydrogen-bond donors (Lipinski definition) is 1. The van der Waals surface area contributed by atoms with E-state index in [1.807, 2.05) is 28.8 Å². The molecule has 21 heavy (non-hydrogen) atoms. The van der Waals surface area contributed by atoms with Crippen LogP contribution in [0.25, 0.3) is 5.65 Å². The van der Waals surface area contributed by atoms with Gasteiger partial charge in [0.15, 0.2) is 11.5 Å². The van der Waals surface area contributed by atoms with Gasteiger partial charge in [-0.25, -0.2) is 9.97 Å². The van der Waals surface area contributed by atoms with Crippen molar-refractivity contribution >= 4 is 33.1 Å². The number of nitrogens with zero attached hydrogens (tertiary/aromatic N) is 3. The van der Waals surface area contributed by atoms with Crippen LogP contribution in [-0.4, -0.2) is 28.6 Å². The summed E-state index contributed by atoms with van der Waals surface area (Å²) in [6.07, 6.45) is 5.27. The number of nitrogens with one attached hydrogen (secondary N) is 1. The van der Waals surface area contributed by atoms with Gasteiger partial charge in [0.25, 0.3) is 0 Å². The predicted octanol–water partition coefficient (Wildman–Crippen LogP) is 3.25. The summed E-state index contributed by atoms with van der Waals surface area (Å²) in [6, 6.07) is 5.54. The molecular weight excluding hydrogens is 336 g/mol. The molecule has 0 saturated carbocycles. The van der Waals surface area contributed by atoms with Crippen molar-refractivity contribution in [2.24, 2.45) is 0 Å². The van der Waals surface area contributed by atoms with Crippen LogP contribution in [0.15, 0.2) is 41.4 Å². The maximum Gasteiger partial charge on any atom is 0.181 e. The van der Waals surface area contributed by atoms with E-state index in [4.69, 9.17) is 9.47 Å². The molecular formula is C14H13BrN4O2. The molecule has 6 nitrogen and oxygen atoms in total. The van der Waals surface area contributed by atoms with Gasteiger partial charge < -0.3 is 14.8 Å². The van der Waals surface area contributed by atoms with Crippen molar-refractivity contribution in [1.82, 2.24) is 14.4 Å². The highest BCUT2D eigenvalue weighted by Crippen LogP contribution is 2.32. The van der Waals surface area contributed by atoms with Gasteiger partial charge in [-0.3, -0.25) is 4.40 Å². The summed E-state index contributed by atoms with van der Waals surface area (Å²) in [6.45, 7) is 0. The van der Waals surface area contributed by atoms with E-state index in [1.165, 1.54) is 0 Å². The molecule has 2 aromatic heterocycles. The number of imidazole rings is 1. The summed E-state index contributed by atoms with van der Waals surface area (Å²) < 4.78 is 13.3. The van der Waals surface area contributed by atoms with Crippen molar-refractivity contribution in [3.63, 3.8) is 0 Å². The summed E-state index contributed by atoms with van der Waals surface area (Å²) >= 11 is 3.44. The van der Waals surface area contributed by atoms with Crippen LogP contribution in [0, 0.1) is 0 Å². The number of benzene rings is 1. The van der Waals surface area contributed by atoms with E-state index in [-0.39, 0.29) is 0 Å². The number of fused-ring (bicyclic) bond motifs is 1. The fourth-order valence-electron chi connectivity index (χ4n) is 2.01. The molecule has 0 radical (unpaired) electrons. The molecule has 0 atom stereocenters. The first-order chi connectivity index (χ1) is 10.2. The maximum atomic E-state index is 5.37. The molecule has 0 aliphatic carbocycles. The number of aromatic nitrogens is 3. The normalized spacial score (nSPS) is 10.6. The van der Waals surface area contributed by atoms with Crippen molar-refractivity contribution in [1.29, 1.82) is 0 Å². The Morgan fingerprint density at radius 2 is 2.05 bits per heavy atom. The fraction of sp³-hybridized carbons (Fsp3) is 0.143. The largest absolute Gasteiger partial charge is 0.497 e. The minimum Gasteiger partial charge on any atom is -0.497 e. The highest BCUT2D eigenvalue weighted by atomic mass is 79.9. The quantitative estimate of drug-likeness (QED) is 0.784. The highest BCUT2D eigenvalue weighted by Gasteiger charge is 2.10. The second-order valence-corrected chi connectivity index (χ2v) is 5.05. The Balaban J connectivity index is 2.02. The summed E-state index contributed by atoms with van der Waals surface area (Å²) in [5.41, 5.74) is 1.51.